The lowest BCUT2D eigenvalue weighted by Gasteiger charge is -2.09. The normalized spacial score (nSPS) is 11.3. The van der Waals surface area contributed by atoms with E-state index in [9.17, 15) is 0 Å². The van der Waals surface area contributed by atoms with Crippen molar-refractivity contribution >= 4 is 34.8 Å². The Kier molecular flexibility index (Phi) is 6.28. The molecule has 0 N–H and O–H groups in total. The van der Waals surface area contributed by atoms with Crippen LogP contribution in [0.1, 0.15) is 24.2 Å². The molecular weight excluding hydrogens is 380 g/mol. The fourth-order valence-electron chi connectivity index (χ4n) is 3.28. The van der Waals surface area contributed by atoms with Crippen molar-refractivity contribution in [3.8, 4) is 5.75 Å². The van der Waals surface area contributed by atoms with Crippen LogP contribution in [0.4, 0.5) is 0 Å². The van der Waals surface area contributed by atoms with Crippen molar-refractivity contribution in [3.63, 3.8) is 0 Å². The summed E-state index contributed by atoms with van der Waals surface area (Å²) >= 11 is 5.98. The zero-order valence-electron chi connectivity index (χ0n) is 16.2. The fraction of sp³-hybridized carbons (Fsp3) is 0.160. The third kappa shape index (κ3) is 5.07. The quantitative estimate of drug-likeness (QED) is 0.306. The first-order valence-electron chi connectivity index (χ1n) is 9.86. The Morgan fingerprint density at radius 1 is 0.828 bits per heavy atom. The van der Waals surface area contributed by atoms with Gasteiger partial charge in [-0.3, -0.25) is 0 Å². The van der Waals surface area contributed by atoms with Gasteiger partial charge in [0, 0.05) is 11.6 Å². The van der Waals surface area contributed by atoms with E-state index in [0.717, 1.165) is 52.6 Å². The topological polar surface area (TPSA) is 27.1 Å². The van der Waals surface area contributed by atoms with Gasteiger partial charge in [0.15, 0.2) is 0 Å². The number of para-hydroxylation sites is 3. The maximum absolute atomic E-state index is 5.98. The van der Waals surface area contributed by atoms with Crippen LogP contribution in [0, 0.1) is 0 Å². The monoisotopic (exact) mass is 402 g/mol. The number of unbranched alkanes of at least 4 members (excludes halogenated alkanes) is 1. The molecule has 4 aromatic rings. The molecule has 0 unspecified atom stereocenters. The average Bonchev–Trinajstić information content (AvgIpc) is 3.11. The smallest absolute Gasteiger partial charge is 0.133 e. The maximum Gasteiger partial charge on any atom is 0.133 e. The predicted molar refractivity (Wildman–Crippen MR) is 121 cm³/mol. The Labute approximate surface area is 176 Å². The summed E-state index contributed by atoms with van der Waals surface area (Å²) in [5, 5.41) is 0.743. The molecule has 0 fully saturated rings. The largest absolute Gasteiger partial charge is 0.494 e. The Morgan fingerprint density at radius 3 is 2.41 bits per heavy atom. The van der Waals surface area contributed by atoms with E-state index in [1.807, 2.05) is 60.7 Å². The number of imidazole rings is 1. The predicted octanol–water partition coefficient (Wildman–Crippen LogP) is 6.72. The summed E-state index contributed by atoms with van der Waals surface area (Å²) in [5.41, 5.74) is 3.28. The number of aromatic nitrogens is 2. The first-order chi connectivity index (χ1) is 14.3. The van der Waals surface area contributed by atoms with Crippen LogP contribution in [0.5, 0.6) is 5.75 Å². The summed E-state index contributed by atoms with van der Waals surface area (Å²) in [4.78, 5) is 4.81. The summed E-state index contributed by atoms with van der Waals surface area (Å²) in [5.74, 6) is 1.89. The third-order valence-corrected chi connectivity index (χ3v) is 5.02. The molecule has 0 radical (unpaired) electrons. The van der Waals surface area contributed by atoms with E-state index >= 15 is 0 Å². The second kappa shape index (κ2) is 9.44. The van der Waals surface area contributed by atoms with Crippen molar-refractivity contribution in [2.75, 3.05) is 6.61 Å². The lowest BCUT2D eigenvalue weighted by molar-refractivity contribution is 0.303. The molecule has 146 valence electrons. The molecule has 4 heteroatoms. The van der Waals surface area contributed by atoms with E-state index < -0.39 is 0 Å². The van der Waals surface area contributed by atoms with Crippen LogP contribution in [-0.4, -0.2) is 16.2 Å². The zero-order chi connectivity index (χ0) is 19.9. The van der Waals surface area contributed by atoms with Crippen LogP contribution >= 0.6 is 11.6 Å². The number of halogens is 1. The van der Waals surface area contributed by atoms with Gasteiger partial charge in [-0.2, -0.15) is 0 Å². The van der Waals surface area contributed by atoms with Gasteiger partial charge in [0.25, 0.3) is 0 Å². The molecule has 3 nitrogen and oxygen atoms in total. The number of nitrogens with zero attached hydrogens (tertiary/aromatic N) is 2. The summed E-state index contributed by atoms with van der Waals surface area (Å²) in [6, 6.07) is 26.0. The molecule has 0 spiro atoms. The standard InChI is InChI=1S/C25H23ClN2O/c26-21-15-12-20(13-16-21)14-17-25-27-23-10-4-5-11-24(23)28(25)18-6-7-19-29-22-8-2-1-3-9-22/h1-5,8-17H,6-7,18-19H2/b17-14+. The highest BCUT2D eigenvalue weighted by atomic mass is 35.5. The molecule has 0 amide bonds. The molecule has 0 aliphatic carbocycles. The highest BCUT2D eigenvalue weighted by Crippen LogP contribution is 2.20. The Balaban J connectivity index is 1.44. The van der Waals surface area contributed by atoms with Gasteiger partial charge in [-0.25, -0.2) is 4.98 Å². The zero-order valence-corrected chi connectivity index (χ0v) is 16.9. The van der Waals surface area contributed by atoms with Crippen molar-refractivity contribution in [1.29, 1.82) is 0 Å². The summed E-state index contributed by atoms with van der Waals surface area (Å²) in [6.07, 6.45) is 6.16. The Morgan fingerprint density at radius 2 is 1.59 bits per heavy atom. The second-order valence-corrected chi connectivity index (χ2v) is 7.30. The average molecular weight is 403 g/mol. The number of ether oxygens (including phenoxy) is 1. The maximum atomic E-state index is 5.98. The first-order valence-corrected chi connectivity index (χ1v) is 10.2. The number of benzene rings is 3. The minimum absolute atomic E-state index is 0.715. The van der Waals surface area contributed by atoms with Crippen LogP contribution in [0.25, 0.3) is 23.2 Å². The van der Waals surface area contributed by atoms with Gasteiger partial charge in [0.2, 0.25) is 0 Å². The summed E-state index contributed by atoms with van der Waals surface area (Å²) in [7, 11) is 0. The van der Waals surface area contributed by atoms with Crippen molar-refractivity contribution in [3.05, 3.63) is 95.3 Å². The van der Waals surface area contributed by atoms with E-state index in [0.29, 0.717) is 6.61 Å². The molecule has 4 rings (SSSR count). The molecule has 1 heterocycles. The van der Waals surface area contributed by atoms with Gasteiger partial charge in [-0.15, -0.1) is 0 Å². The molecule has 0 saturated heterocycles. The van der Waals surface area contributed by atoms with Gasteiger partial charge in [-0.05, 0) is 60.9 Å². The fourth-order valence-corrected chi connectivity index (χ4v) is 3.41. The van der Waals surface area contributed by atoms with Gasteiger partial charge in [0.05, 0.1) is 17.6 Å². The number of fused-ring (bicyclic) bond motifs is 1. The van der Waals surface area contributed by atoms with E-state index in [1.54, 1.807) is 0 Å². The van der Waals surface area contributed by atoms with Gasteiger partial charge >= 0.3 is 0 Å². The molecular formula is C25H23ClN2O. The SMILES string of the molecule is Clc1ccc(/C=C/c2nc3ccccc3n2CCCCOc2ccccc2)cc1. The van der Waals surface area contributed by atoms with Crippen LogP contribution in [-0.2, 0) is 6.54 Å². The molecule has 0 aliphatic heterocycles. The lowest BCUT2D eigenvalue weighted by atomic mass is 10.2. The van der Waals surface area contributed by atoms with E-state index in [4.69, 9.17) is 21.3 Å². The van der Waals surface area contributed by atoms with Crippen molar-refractivity contribution in [2.45, 2.75) is 19.4 Å². The molecule has 0 bridgehead atoms. The Hall–Kier alpha value is -3.04. The third-order valence-electron chi connectivity index (χ3n) is 4.77. The van der Waals surface area contributed by atoms with Gasteiger partial charge in [0.1, 0.15) is 11.6 Å². The van der Waals surface area contributed by atoms with Gasteiger partial charge in [-0.1, -0.05) is 60.1 Å². The molecule has 0 atom stereocenters. The van der Waals surface area contributed by atoms with Crippen molar-refractivity contribution in [1.82, 2.24) is 9.55 Å². The van der Waals surface area contributed by atoms with Gasteiger partial charge < -0.3 is 9.30 Å². The van der Waals surface area contributed by atoms with Crippen LogP contribution < -0.4 is 4.74 Å². The minimum atomic E-state index is 0.715. The molecule has 0 saturated carbocycles. The molecule has 1 aromatic heterocycles. The Bertz CT molecular complexity index is 1080. The van der Waals surface area contributed by atoms with Crippen molar-refractivity contribution in [2.24, 2.45) is 0 Å². The number of rotatable bonds is 8. The summed E-state index contributed by atoms with van der Waals surface area (Å²) in [6.45, 7) is 1.62. The van der Waals surface area contributed by atoms with E-state index in [2.05, 4.69) is 34.9 Å². The number of hydrogen-bond acceptors (Lipinski definition) is 2. The number of hydrogen-bond donors (Lipinski definition) is 0. The highest BCUT2D eigenvalue weighted by Gasteiger charge is 2.08. The first kappa shape index (κ1) is 19.3. The molecule has 29 heavy (non-hydrogen) atoms. The second-order valence-electron chi connectivity index (χ2n) is 6.86. The summed E-state index contributed by atoms with van der Waals surface area (Å²) < 4.78 is 8.09. The van der Waals surface area contributed by atoms with Crippen molar-refractivity contribution < 1.29 is 4.74 Å². The van der Waals surface area contributed by atoms with E-state index in [1.165, 1.54) is 0 Å². The molecule has 0 aliphatic rings. The van der Waals surface area contributed by atoms with Crippen LogP contribution in [0.3, 0.4) is 0 Å². The van der Waals surface area contributed by atoms with Crippen LogP contribution in [0.2, 0.25) is 5.02 Å². The number of aryl methyl sites for hydroxylation is 1. The highest BCUT2D eigenvalue weighted by molar-refractivity contribution is 6.30. The lowest BCUT2D eigenvalue weighted by Crippen LogP contribution is -2.04. The van der Waals surface area contributed by atoms with E-state index in [-0.39, 0.29) is 0 Å². The minimum Gasteiger partial charge on any atom is -0.494 e. The molecule has 3 aromatic carbocycles. The van der Waals surface area contributed by atoms with Crippen LogP contribution in [0.15, 0.2) is 78.9 Å².